The lowest BCUT2D eigenvalue weighted by Crippen LogP contribution is -2.50. The average molecular weight is 186 g/mol. The summed E-state index contributed by atoms with van der Waals surface area (Å²) in [7, 11) is 2.55. The quantitative estimate of drug-likeness (QED) is 0.281. The van der Waals surface area contributed by atoms with Crippen LogP contribution in [0.3, 0.4) is 0 Å². The minimum Gasteiger partial charge on any atom is -0.509 e. The van der Waals surface area contributed by atoms with E-state index in [-0.39, 0.29) is 12.0 Å². The third-order valence-electron chi connectivity index (χ3n) is 1.69. The fourth-order valence-corrected chi connectivity index (χ4v) is 1.04. The second-order valence-corrected chi connectivity index (χ2v) is 2.62. The van der Waals surface area contributed by atoms with Gasteiger partial charge in [0.1, 0.15) is 6.04 Å². The molecule has 3 N–H and O–H groups in total. The Morgan fingerprint density at radius 1 is 1.69 bits per heavy atom. The maximum atomic E-state index is 11.2. The standard InChI is InChI=1S/C6H13BN3O3/c1-8-13-7-12-6(11)5-3-2-4-9-10-5/h5,8-10H,2-4H2,1H3. The Hall–Kier alpha value is -0.625. The van der Waals surface area contributed by atoms with Crippen LogP contribution in [0, 0.1) is 0 Å². The third-order valence-corrected chi connectivity index (χ3v) is 1.69. The van der Waals surface area contributed by atoms with Crippen molar-refractivity contribution < 1.29 is 14.2 Å². The lowest BCUT2D eigenvalue weighted by atomic mass is 10.1. The van der Waals surface area contributed by atoms with E-state index in [0.717, 1.165) is 27.1 Å². The van der Waals surface area contributed by atoms with E-state index >= 15 is 0 Å². The van der Waals surface area contributed by atoms with E-state index in [0.29, 0.717) is 0 Å². The highest BCUT2D eigenvalue weighted by Crippen LogP contribution is 2.01. The van der Waals surface area contributed by atoms with Crippen LogP contribution in [0.2, 0.25) is 0 Å². The van der Waals surface area contributed by atoms with Crippen LogP contribution >= 0.6 is 0 Å². The molecular formula is C6H13BN3O3. The first-order valence-corrected chi connectivity index (χ1v) is 4.17. The van der Waals surface area contributed by atoms with Crippen LogP contribution in [0.15, 0.2) is 0 Å². The summed E-state index contributed by atoms with van der Waals surface area (Å²) < 4.78 is 9.20. The summed E-state index contributed by atoms with van der Waals surface area (Å²) in [5, 5.41) is 0. The van der Waals surface area contributed by atoms with Gasteiger partial charge in [0.15, 0.2) is 0 Å². The molecule has 0 amide bonds. The normalized spacial score (nSPS) is 22.4. The molecule has 1 aliphatic rings. The van der Waals surface area contributed by atoms with Crippen LogP contribution in [-0.2, 0) is 14.2 Å². The van der Waals surface area contributed by atoms with Gasteiger partial charge in [-0.05, 0) is 12.8 Å². The molecule has 1 fully saturated rings. The minimum atomic E-state index is -0.345. The predicted molar refractivity (Wildman–Crippen MR) is 46.2 cm³/mol. The van der Waals surface area contributed by atoms with Crippen LogP contribution in [-0.4, -0.2) is 33.3 Å². The number of hydrazine groups is 1. The predicted octanol–water partition coefficient (Wildman–Crippen LogP) is -1.53. The molecule has 6 nitrogen and oxygen atoms in total. The summed E-state index contributed by atoms with van der Waals surface area (Å²) in [6, 6.07) is -0.287. The molecule has 0 saturated carbocycles. The van der Waals surface area contributed by atoms with Gasteiger partial charge in [0.05, 0.1) is 0 Å². The Morgan fingerprint density at radius 3 is 3.15 bits per heavy atom. The molecule has 0 aliphatic carbocycles. The molecule has 1 atom stereocenters. The molecule has 73 valence electrons. The molecule has 1 saturated heterocycles. The van der Waals surface area contributed by atoms with Gasteiger partial charge in [-0.15, -0.1) is 0 Å². The molecule has 0 spiro atoms. The molecular weight excluding hydrogens is 173 g/mol. The number of hydrogen-bond acceptors (Lipinski definition) is 6. The van der Waals surface area contributed by atoms with Gasteiger partial charge in [0, 0.05) is 13.6 Å². The highest BCUT2D eigenvalue weighted by atomic mass is 16.7. The van der Waals surface area contributed by atoms with E-state index in [4.69, 9.17) is 0 Å². The number of carbonyl (C=O) groups excluding carboxylic acids is 1. The van der Waals surface area contributed by atoms with Crippen molar-refractivity contribution in [3.63, 3.8) is 0 Å². The van der Waals surface area contributed by atoms with Gasteiger partial charge in [0.25, 0.3) is 0 Å². The summed E-state index contributed by atoms with van der Waals surface area (Å²) in [6.45, 7) is 0.876. The molecule has 1 unspecified atom stereocenters. The minimum absolute atomic E-state index is 0.287. The first-order valence-electron chi connectivity index (χ1n) is 4.17. The van der Waals surface area contributed by atoms with Crippen LogP contribution in [0.5, 0.6) is 0 Å². The van der Waals surface area contributed by atoms with E-state index in [1.807, 2.05) is 0 Å². The molecule has 0 aromatic rings. The van der Waals surface area contributed by atoms with Crippen molar-refractivity contribution in [3.8, 4) is 0 Å². The topological polar surface area (TPSA) is 71.6 Å². The molecule has 1 aliphatic heterocycles. The summed E-state index contributed by atoms with van der Waals surface area (Å²) >= 11 is 0. The zero-order valence-electron chi connectivity index (χ0n) is 7.50. The zero-order valence-corrected chi connectivity index (χ0v) is 7.50. The number of hydroxylamine groups is 1. The first-order chi connectivity index (χ1) is 6.34. The number of rotatable bonds is 4. The van der Waals surface area contributed by atoms with Crippen LogP contribution in [0.25, 0.3) is 0 Å². The SMILES string of the molecule is CNO[B]OC(=O)C1CCCNN1. The summed E-state index contributed by atoms with van der Waals surface area (Å²) in [5.41, 5.74) is 8.07. The zero-order chi connectivity index (χ0) is 9.52. The van der Waals surface area contributed by atoms with E-state index in [1.165, 1.54) is 0 Å². The van der Waals surface area contributed by atoms with Crippen LogP contribution in [0.4, 0.5) is 0 Å². The third kappa shape index (κ3) is 3.73. The highest BCUT2D eigenvalue weighted by Gasteiger charge is 2.21. The van der Waals surface area contributed by atoms with E-state index < -0.39 is 0 Å². The van der Waals surface area contributed by atoms with Gasteiger partial charge in [-0.1, -0.05) is 0 Å². The summed E-state index contributed by atoms with van der Waals surface area (Å²) in [5.74, 6) is -0.345. The Bertz CT molecular complexity index is 163. The van der Waals surface area contributed by atoms with Gasteiger partial charge in [-0.3, -0.25) is 10.2 Å². The molecule has 0 bridgehead atoms. The molecule has 1 heterocycles. The lowest BCUT2D eigenvalue weighted by Gasteiger charge is -2.22. The van der Waals surface area contributed by atoms with Crippen LogP contribution < -0.4 is 16.3 Å². The molecule has 7 heteroatoms. The Morgan fingerprint density at radius 2 is 2.54 bits per heavy atom. The number of hydrogen-bond donors (Lipinski definition) is 3. The van der Waals surface area contributed by atoms with Crippen LogP contribution in [0.1, 0.15) is 12.8 Å². The summed E-state index contributed by atoms with van der Waals surface area (Å²) in [4.78, 5) is 11.2. The van der Waals surface area contributed by atoms with Crippen molar-refractivity contribution in [1.29, 1.82) is 0 Å². The second-order valence-electron chi connectivity index (χ2n) is 2.62. The van der Waals surface area contributed by atoms with Gasteiger partial charge in [0.2, 0.25) is 0 Å². The number of nitrogens with one attached hydrogen (secondary N) is 3. The van der Waals surface area contributed by atoms with E-state index in [9.17, 15) is 4.79 Å². The molecule has 0 aromatic carbocycles. The van der Waals surface area contributed by atoms with Gasteiger partial charge < -0.3 is 9.41 Å². The monoisotopic (exact) mass is 186 g/mol. The molecule has 13 heavy (non-hydrogen) atoms. The van der Waals surface area contributed by atoms with Crippen molar-refractivity contribution in [2.45, 2.75) is 18.9 Å². The van der Waals surface area contributed by atoms with Crippen molar-refractivity contribution in [3.05, 3.63) is 0 Å². The van der Waals surface area contributed by atoms with Crippen molar-refractivity contribution in [1.82, 2.24) is 16.3 Å². The Kier molecular flexibility index (Phi) is 4.77. The average Bonchev–Trinajstić information content (AvgIpc) is 2.19. The smallest absolute Gasteiger partial charge is 0.509 e. The fraction of sp³-hybridized carbons (Fsp3) is 0.833. The highest BCUT2D eigenvalue weighted by molar-refractivity contribution is 6.22. The molecule has 1 radical (unpaired) electrons. The first kappa shape index (κ1) is 10.5. The Labute approximate surface area is 77.6 Å². The lowest BCUT2D eigenvalue weighted by molar-refractivity contribution is -0.139. The van der Waals surface area contributed by atoms with Gasteiger partial charge >= 0.3 is 13.7 Å². The van der Waals surface area contributed by atoms with Gasteiger partial charge in [-0.2, -0.15) is 0 Å². The van der Waals surface area contributed by atoms with Gasteiger partial charge in [-0.25, -0.2) is 10.9 Å². The van der Waals surface area contributed by atoms with Crippen molar-refractivity contribution in [2.75, 3.05) is 13.6 Å². The molecule has 0 aromatic heterocycles. The Balaban J connectivity index is 2.13. The summed E-state index contributed by atoms with van der Waals surface area (Å²) in [6.07, 6.45) is 1.73. The largest absolute Gasteiger partial charge is 0.592 e. The fourth-order valence-electron chi connectivity index (χ4n) is 1.04. The van der Waals surface area contributed by atoms with Crippen molar-refractivity contribution in [2.24, 2.45) is 0 Å². The second kappa shape index (κ2) is 5.93. The van der Waals surface area contributed by atoms with E-state index in [1.54, 1.807) is 7.05 Å². The maximum absolute atomic E-state index is 11.2. The number of carbonyl (C=O) groups is 1. The molecule has 1 rings (SSSR count). The van der Waals surface area contributed by atoms with Crippen molar-refractivity contribution >= 4 is 13.7 Å². The van der Waals surface area contributed by atoms with E-state index in [2.05, 4.69) is 25.7 Å². The maximum Gasteiger partial charge on any atom is 0.592 e.